The third-order valence-electron chi connectivity index (χ3n) is 4.98. The maximum absolute atomic E-state index is 13.3. The number of benzene rings is 1. The highest BCUT2D eigenvalue weighted by atomic mass is 127. The molecule has 0 bridgehead atoms. The zero-order valence-corrected chi connectivity index (χ0v) is 19.9. The quantitative estimate of drug-likeness (QED) is 0.308. The number of aliphatic imine (C=N–C) groups is 1. The van der Waals surface area contributed by atoms with Crippen LogP contribution in [0.2, 0.25) is 0 Å². The summed E-state index contributed by atoms with van der Waals surface area (Å²) in [6, 6.07) is 6.78. The zero-order chi connectivity index (χ0) is 19.5. The van der Waals surface area contributed by atoms with Crippen molar-refractivity contribution in [3.05, 3.63) is 35.6 Å². The summed E-state index contributed by atoms with van der Waals surface area (Å²) in [6.45, 7) is 15.9. The van der Waals surface area contributed by atoms with Crippen LogP contribution in [0.15, 0.2) is 29.3 Å². The van der Waals surface area contributed by atoms with Gasteiger partial charge in [-0.25, -0.2) is 4.39 Å². The molecule has 0 aliphatic carbocycles. The van der Waals surface area contributed by atoms with Crippen molar-refractivity contribution >= 4 is 29.9 Å². The molecule has 1 aromatic carbocycles. The highest BCUT2D eigenvalue weighted by Gasteiger charge is 2.17. The first-order chi connectivity index (χ1) is 13.1. The number of hydrogen-bond donors (Lipinski definition) is 2. The molecule has 5 nitrogen and oxygen atoms in total. The third kappa shape index (κ3) is 9.52. The molecule has 2 rings (SSSR count). The first kappa shape index (κ1) is 25.1. The van der Waals surface area contributed by atoms with E-state index in [2.05, 4.69) is 41.2 Å². The molecule has 0 aromatic heterocycles. The maximum Gasteiger partial charge on any atom is 0.191 e. The van der Waals surface area contributed by atoms with Gasteiger partial charge < -0.3 is 20.4 Å². The minimum absolute atomic E-state index is 0. The lowest BCUT2D eigenvalue weighted by Crippen LogP contribution is -2.47. The van der Waals surface area contributed by atoms with Gasteiger partial charge in [-0.1, -0.05) is 26.0 Å². The Balaban J connectivity index is 0.00000392. The maximum atomic E-state index is 13.3. The van der Waals surface area contributed by atoms with Gasteiger partial charge in [0.1, 0.15) is 5.82 Å². The molecule has 1 fully saturated rings. The van der Waals surface area contributed by atoms with E-state index in [1.807, 2.05) is 6.07 Å². The molecular weight excluding hydrogens is 468 g/mol. The molecule has 0 saturated carbocycles. The van der Waals surface area contributed by atoms with Crippen molar-refractivity contribution in [1.29, 1.82) is 0 Å². The van der Waals surface area contributed by atoms with E-state index in [4.69, 9.17) is 4.99 Å². The van der Waals surface area contributed by atoms with Gasteiger partial charge in [-0.3, -0.25) is 4.99 Å². The van der Waals surface area contributed by atoms with Crippen molar-refractivity contribution in [2.24, 2.45) is 10.9 Å². The van der Waals surface area contributed by atoms with Crippen LogP contribution in [0.3, 0.4) is 0 Å². The fraction of sp³-hybridized carbons (Fsp3) is 0.667. The number of nitrogens with one attached hydrogen (secondary N) is 2. The molecule has 1 saturated heterocycles. The first-order valence-electron chi connectivity index (χ1n) is 10.3. The number of rotatable bonds is 9. The number of hydrogen-bond acceptors (Lipinski definition) is 3. The Bertz CT molecular complexity index is 576. The van der Waals surface area contributed by atoms with E-state index in [0.29, 0.717) is 5.92 Å². The van der Waals surface area contributed by atoms with E-state index < -0.39 is 0 Å². The molecule has 1 aliphatic heterocycles. The predicted octanol–water partition coefficient (Wildman–Crippen LogP) is 2.81. The standard InChI is InChI=1S/C21H36FN5.HI/c1-4-23-21(24-10-9-19-7-6-8-20(22)15-19)25-16-18(3)17-27-13-11-26(5-2)12-14-27;/h6-8,15,18H,4-5,9-14,16-17H2,1-3H3,(H2,23,24,25);1H. The largest absolute Gasteiger partial charge is 0.357 e. The second kappa shape index (κ2) is 14.1. The molecule has 160 valence electrons. The van der Waals surface area contributed by atoms with Crippen LogP contribution in [0.25, 0.3) is 0 Å². The Morgan fingerprint density at radius 2 is 1.86 bits per heavy atom. The summed E-state index contributed by atoms with van der Waals surface area (Å²) < 4.78 is 13.3. The first-order valence-corrected chi connectivity index (χ1v) is 10.3. The van der Waals surface area contributed by atoms with E-state index in [0.717, 1.165) is 63.8 Å². The number of nitrogens with zero attached hydrogens (tertiary/aromatic N) is 3. The van der Waals surface area contributed by atoms with Crippen molar-refractivity contribution < 1.29 is 4.39 Å². The molecule has 7 heteroatoms. The lowest BCUT2D eigenvalue weighted by molar-refractivity contribution is 0.125. The normalized spacial score (nSPS) is 17.1. The van der Waals surface area contributed by atoms with Crippen molar-refractivity contribution in [2.45, 2.75) is 27.2 Å². The average molecular weight is 505 g/mol. The summed E-state index contributed by atoms with van der Waals surface area (Å²) in [4.78, 5) is 9.80. The Morgan fingerprint density at radius 1 is 1.14 bits per heavy atom. The molecule has 28 heavy (non-hydrogen) atoms. The molecule has 1 aliphatic rings. The summed E-state index contributed by atoms with van der Waals surface area (Å²) in [7, 11) is 0. The smallest absolute Gasteiger partial charge is 0.191 e. The van der Waals surface area contributed by atoms with Gasteiger partial charge in [-0.2, -0.15) is 0 Å². The van der Waals surface area contributed by atoms with Crippen LogP contribution in [0, 0.1) is 11.7 Å². The SMILES string of the molecule is CCNC(=NCC(C)CN1CCN(CC)CC1)NCCc1cccc(F)c1.I. The van der Waals surface area contributed by atoms with Crippen molar-refractivity contribution in [1.82, 2.24) is 20.4 Å². The lowest BCUT2D eigenvalue weighted by atomic mass is 10.1. The lowest BCUT2D eigenvalue weighted by Gasteiger charge is -2.35. The van der Waals surface area contributed by atoms with Crippen LogP contribution >= 0.6 is 24.0 Å². The van der Waals surface area contributed by atoms with Gasteiger partial charge in [0.05, 0.1) is 0 Å². The Kier molecular flexibility index (Phi) is 12.7. The Morgan fingerprint density at radius 3 is 2.50 bits per heavy atom. The molecule has 1 atom stereocenters. The second-order valence-corrected chi connectivity index (χ2v) is 7.37. The van der Waals surface area contributed by atoms with Crippen LogP contribution in [0.4, 0.5) is 4.39 Å². The molecular formula is C21H37FIN5. The molecule has 2 N–H and O–H groups in total. The van der Waals surface area contributed by atoms with E-state index >= 15 is 0 Å². The summed E-state index contributed by atoms with van der Waals surface area (Å²) in [5.41, 5.74) is 0.998. The Hall–Kier alpha value is -0.930. The van der Waals surface area contributed by atoms with E-state index in [-0.39, 0.29) is 29.8 Å². The number of likely N-dealkylation sites (N-methyl/N-ethyl adjacent to an activating group) is 1. The zero-order valence-electron chi connectivity index (χ0n) is 17.6. The Labute approximate surface area is 187 Å². The summed E-state index contributed by atoms with van der Waals surface area (Å²) in [5, 5.41) is 6.65. The molecule has 1 aromatic rings. The van der Waals surface area contributed by atoms with E-state index in [9.17, 15) is 4.39 Å². The summed E-state index contributed by atoms with van der Waals surface area (Å²) in [5.74, 6) is 1.19. The predicted molar refractivity (Wildman–Crippen MR) is 127 cm³/mol. The molecule has 1 heterocycles. The van der Waals surface area contributed by atoms with Gasteiger partial charge in [-0.15, -0.1) is 24.0 Å². The van der Waals surface area contributed by atoms with Crippen LogP contribution < -0.4 is 10.6 Å². The summed E-state index contributed by atoms with van der Waals surface area (Å²) >= 11 is 0. The minimum atomic E-state index is -0.179. The molecule has 1 unspecified atom stereocenters. The highest BCUT2D eigenvalue weighted by molar-refractivity contribution is 14.0. The van der Waals surface area contributed by atoms with Gasteiger partial charge in [0, 0.05) is 52.4 Å². The molecule has 0 spiro atoms. The van der Waals surface area contributed by atoms with Gasteiger partial charge in [0.25, 0.3) is 0 Å². The topological polar surface area (TPSA) is 42.9 Å². The van der Waals surface area contributed by atoms with Crippen LogP contribution in [-0.4, -0.2) is 74.7 Å². The van der Waals surface area contributed by atoms with E-state index in [1.165, 1.54) is 19.2 Å². The van der Waals surface area contributed by atoms with Gasteiger partial charge in [0.15, 0.2) is 5.96 Å². The van der Waals surface area contributed by atoms with E-state index in [1.54, 1.807) is 12.1 Å². The average Bonchev–Trinajstić information content (AvgIpc) is 2.67. The fourth-order valence-corrected chi connectivity index (χ4v) is 3.39. The number of guanidine groups is 1. The minimum Gasteiger partial charge on any atom is -0.357 e. The van der Waals surface area contributed by atoms with Crippen LogP contribution in [-0.2, 0) is 6.42 Å². The molecule has 0 radical (unpaired) electrons. The van der Waals surface area contributed by atoms with Crippen LogP contribution in [0.1, 0.15) is 26.3 Å². The summed E-state index contributed by atoms with van der Waals surface area (Å²) in [6.07, 6.45) is 0.777. The fourth-order valence-electron chi connectivity index (χ4n) is 3.39. The van der Waals surface area contributed by atoms with Crippen LogP contribution in [0.5, 0.6) is 0 Å². The van der Waals surface area contributed by atoms with Gasteiger partial charge >= 0.3 is 0 Å². The molecule has 0 amide bonds. The van der Waals surface area contributed by atoms with Crippen molar-refractivity contribution in [3.8, 4) is 0 Å². The highest BCUT2D eigenvalue weighted by Crippen LogP contribution is 2.06. The number of halogens is 2. The van der Waals surface area contributed by atoms with Gasteiger partial charge in [0.2, 0.25) is 0 Å². The monoisotopic (exact) mass is 505 g/mol. The van der Waals surface area contributed by atoms with Crippen molar-refractivity contribution in [3.63, 3.8) is 0 Å². The third-order valence-corrected chi connectivity index (χ3v) is 4.98. The second-order valence-electron chi connectivity index (χ2n) is 7.37. The van der Waals surface area contributed by atoms with Gasteiger partial charge in [-0.05, 0) is 43.5 Å². The number of piperazine rings is 1. The van der Waals surface area contributed by atoms with Crippen molar-refractivity contribution in [2.75, 3.05) is 58.9 Å².